The van der Waals surface area contributed by atoms with Gasteiger partial charge in [0, 0.05) is 6.54 Å². The summed E-state index contributed by atoms with van der Waals surface area (Å²) >= 11 is 5.57. The van der Waals surface area contributed by atoms with Gasteiger partial charge in [-0.25, -0.2) is 4.39 Å². The highest BCUT2D eigenvalue weighted by Gasteiger charge is 2.20. The van der Waals surface area contributed by atoms with E-state index in [0.29, 0.717) is 18.5 Å². The molecule has 0 saturated carbocycles. The van der Waals surface area contributed by atoms with Crippen LogP contribution in [-0.4, -0.2) is 29.1 Å². The standard InChI is InChI=1S/C12H15ClFNO2/c1-3-11(12(16)17)15(2)7-8-4-5-9(13)10(14)6-8/h4-6,11H,3,7H2,1-2H3,(H,16,17). The quantitative estimate of drug-likeness (QED) is 0.884. The number of hydrogen-bond donors (Lipinski definition) is 1. The van der Waals surface area contributed by atoms with Gasteiger partial charge in [0.25, 0.3) is 0 Å². The van der Waals surface area contributed by atoms with Crippen LogP contribution in [0, 0.1) is 5.82 Å². The monoisotopic (exact) mass is 259 g/mol. The van der Waals surface area contributed by atoms with E-state index >= 15 is 0 Å². The van der Waals surface area contributed by atoms with Crippen molar-refractivity contribution < 1.29 is 14.3 Å². The van der Waals surface area contributed by atoms with Gasteiger partial charge in [-0.2, -0.15) is 0 Å². The third kappa shape index (κ3) is 3.68. The molecule has 0 amide bonds. The molecule has 1 rings (SSSR count). The zero-order chi connectivity index (χ0) is 13.0. The minimum atomic E-state index is -0.871. The van der Waals surface area contributed by atoms with E-state index in [1.165, 1.54) is 12.1 Å². The molecule has 5 heteroatoms. The Hall–Kier alpha value is -1.13. The Morgan fingerprint density at radius 1 is 1.59 bits per heavy atom. The van der Waals surface area contributed by atoms with Crippen LogP contribution in [0.4, 0.5) is 4.39 Å². The third-order valence-corrected chi connectivity index (χ3v) is 2.93. The molecule has 0 radical (unpaired) electrons. The highest BCUT2D eigenvalue weighted by atomic mass is 35.5. The lowest BCUT2D eigenvalue weighted by Crippen LogP contribution is -2.37. The number of aliphatic carboxylic acids is 1. The second-order valence-electron chi connectivity index (χ2n) is 3.93. The molecule has 0 heterocycles. The fourth-order valence-corrected chi connectivity index (χ4v) is 1.83. The lowest BCUT2D eigenvalue weighted by molar-refractivity contribution is -0.143. The highest BCUT2D eigenvalue weighted by molar-refractivity contribution is 6.30. The maximum atomic E-state index is 13.2. The summed E-state index contributed by atoms with van der Waals surface area (Å²) < 4.78 is 13.2. The Labute approximate surface area is 105 Å². The molecule has 1 aromatic carbocycles. The number of hydrogen-bond acceptors (Lipinski definition) is 2. The molecule has 1 N–H and O–H groups in total. The Kier molecular flexibility index (Phi) is 4.90. The minimum Gasteiger partial charge on any atom is -0.480 e. The van der Waals surface area contributed by atoms with Crippen LogP contribution in [0.25, 0.3) is 0 Å². The van der Waals surface area contributed by atoms with Crippen LogP contribution < -0.4 is 0 Å². The number of benzene rings is 1. The van der Waals surface area contributed by atoms with Crippen LogP contribution >= 0.6 is 11.6 Å². The van der Waals surface area contributed by atoms with E-state index in [9.17, 15) is 9.18 Å². The fraction of sp³-hybridized carbons (Fsp3) is 0.417. The molecule has 94 valence electrons. The molecular weight excluding hydrogens is 245 g/mol. The highest BCUT2D eigenvalue weighted by Crippen LogP contribution is 2.17. The molecule has 0 aromatic heterocycles. The van der Waals surface area contributed by atoms with Crippen molar-refractivity contribution in [2.75, 3.05) is 7.05 Å². The number of likely N-dealkylation sites (N-methyl/N-ethyl adjacent to an activating group) is 1. The Morgan fingerprint density at radius 2 is 2.24 bits per heavy atom. The van der Waals surface area contributed by atoms with E-state index in [4.69, 9.17) is 16.7 Å². The summed E-state index contributed by atoms with van der Waals surface area (Å²) in [6.07, 6.45) is 0.502. The molecule has 1 aromatic rings. The van der Waals surface area contributed by atoms with Gasteiger partial charge in [0.2, 0.25) is 0 Å². The average Bonchev–Trinajstić information content (AvgIpc) is 2.24. The first-order valence-corrected chi connectivity index (χ1v) is 5.70. The summed E-state index contributed by atoms with van der Waals surface area (Å²) in [5.41, 5.74) is 0.703. The number of carbonyl (C=O) groups is 1. The van der Waals surface area contributed by atoms with Crippen LogP contribution in [0.15, 0.2) is 18.2 Å². The molecule has 0 aliphatic heterocycles. The predicted octanol–water partition coefficient (Wildman–Crippen LogP) is 2.77. The summed E-state index contributed by atoms with van der Waals surface area (Å²) in [6.45, 7) is 2.18. The van der Waals surface area contributed by atoms with Crippen molar-refractivity contribution in [1.29, 1.82) is 0 Å². The van der Waals surface area contributed by atoms with Gasteiger partial charge < -0.3 is 5.11 Å². The molecule has 0 aliphatic carbocycles. The summed E-state index contributed by atoms with van der Waals surface area (Å²) in [4.78, 5) is 12.6. The van der Waals surface area contributed by atoms with E-state index in [2.05, 4.69) is 0 Å². The molecule has 0 spiro atoms. The van der Waals surface area contributed by atoms with Gasteiger partial charge in [-0.05, 0) is 31.2 Å². The summed E-state index contributed by atoms with van der Waals surface area (Å²) in [7, 11) is 1.70. The van der Waals surface area contributed by atoms with E-state index in [-0.39, 0.29) is 5.02 Å². The number of rotatable bonds is 5. The zero-order valence-electron chi connectivity index (χ0n) is 9.78. The van der Waals surface area contributed by atoms with Crippen molar-refractivity contribution in [1.82, 2.24) is 4.90 Å². The maximum Gasteiger partial charge on any atom is 0.320 e. The Morgan fingerprint density at radius 3 is 2.71 bits per heavy atom. The fourth-order valence-electron chi connectivity index (χ4n) is 1.71. The van der Waals surface area contributed by atoms with Gasteiger partial charge in [-0.3, -0.25) is 9.69 Å². The SMILES string of the molecule is CCC(C(=O)O)N(C)Cc1ccc(Cl)c(F)c1. The smallest absolute Gasteiger partial charge is 0.320 e. The number of carboxylic acids is 1. The van der Waals surface area contributed by atoms with E-state index < -0.39 is 17.8 Å². The zero-order valence-corrected chi connectivity index (χ0v) is 10.5. The van der Waals surface area contributed by atoms with Crippen LogP contribution in [0.1, 0.15) is 18.9 Å². The normalized spacial score (nSPS) is 12.8. The van der Waals surface area contributed by atoms with Crippen molar-refractivity contribution in [2.45, 2.75) is 25.9 Å². The van der Waals surface area contributed by atoms with Gasteiger partial charge in [0.15, 0.2) is 0 Å². The van der Waals surface area contributed by atoms with E-state index in [1.54, 1.807) is 24.9 Å². The first-order chi connectivity index (χ1) is 7.95. The molecule has 0 saturated heterocycles. The van der Waals surface area contributed by atoms with Gasteiger partial charge in [0.05, 0.1) is 5.02 Å². The van der Waals surface area contributed by atoms with Crippen molar-refractivity contribution in [3.63, 3.8) is 0 Å². The van der Waals surface area contributed by atoms with Crippen molar-refractivity contribution in [3.05, 3.63) is 34.6 Å². The van der Waals surface area contributed by atoms with Gasteiger partial charge in [-0.1, -0.05) is 24.6 Å². The molecule has 3 nitrogen and oxygen atoms in total. The number of halogens is 2. The molecule has 0 fully saturated rings. The average molecular weight is 260 g/mol. The van der Waals surface area contributed by atoms with Gasteiger partial charge in [0.1, 0.15) is 11.9 Å². The summed E-state index contributed by atoms with van der Waals surface area (Å²) in [5.74, 6) is -1.36. The second kappa shape index (κ2) is 5.98. The summed E-state index contributed by atoms with van der Waals surface area (Å²) in [5, 5.41) is 9.05. The number of nitrogens with zero attached hydrogens (tertiary/aromatic N) is 1. The third-order valence-electron chi connectivity index (χ3n) is 2.62. The van der Waals surface area contributed by atoms with Crippen LogP contribution in [0.5, 0.6) is 0 Å². The molecule has 1 atom stereocenters. The molecule has 0 bridgehead atoms. The second-order valence-corrected chi connectivity index (χ2v) is 4.33. The van der Waals surface area contributed by atoms with E-state index in [1.807, 2.05) is 0 Å². The minimum absolute atomic E-state index is 0.0710. The van der Waals surface area contributed by atoms with Crippen LogP contribution in [0.2, 0.25) is 5.02 Å². The number of carboxylic acid groups (broad SMARTS) is 1. The van der Waals surface area contributed by atoms with Crippen LogP contribution in [-0.2, 0) is 11.3 Å². The maximum absolute atomic E-state index is 13.2. The largest absolute Gasteiger partial charge is 0.480 e. The van der Waals surface area contributed by atoms with Crippen molar-refractivity contribution >= 4 is 17.6 Å². The van der Waals surface area contributed by atoms with E-state index in [0.717, 1.165) is 0 Å². The first kappa shape index (κ1) is 13.9. The topological polar surface area (TPSA) is 40.5 Å². The Bertz CT molecular complexity index is 411. The van der Waals surface area contributed by atoms with Gasteiger partial charge in [-0.15, -0.1) is 0 Å². The lowest BCUT2D eigenvalue weighted by Gasteiger charge is -2.23. The Balaban J connectivity index is 2.76. The predicted molar refractivity (Wildman–Crippen MR) is 64.6 cm³/mol. The van der Waals surface area contributed by atoms with Gasteiger partial charge >= 0.3 is 5.97 Å². The molecular formula is C12H15ClFNO2. The van der Waals surface area contributed by atoms with Crippen LogP contribution in [0.3, 0.4) is 0 Å². The van der Waals surface area contributed by atoms with Crippen molar-refractivity contribution in [2.24, 2.45) is 0 Å². The summed E-state index contributed by atoms with van der Waals surface area (Å²) in [6, 6.07) is 3.93. The lowest BCUT2D eigenvalue weighted by atomic mass is 10.1. The molecule has 0 aliphatic rings. The molecule has 17 heavy (non-hydrogen) atoms. The van der Waals surface area contributed by atoms with Crippen molar-refractivity contribution in [3.8, 4) is 0 Å². The molecule has 1 unspecified atom stereocenters. The first-order valence-electron chi connectivity index (χ1n) is 5.32.